The number of nitrogens with two attached hydrogens (primary N) is 1. The molecule has 0 bridgehead atoms. The zero-order valence-electron chi connectivity index (χ0n) is 9.91. The monoisotopic (exact) mass is 260 g/mol. The molecule has 0 aromatic heterocycles. The molecule has 4 heteroatoms. The van der Waals surface area contributed by atoms with Gasteiger partial charge in [-0.05, 0) is 48.9 Å². The van der Waals surface area contributed by atoms with Gasteiger partial charge in [0.2, 0.25) is 0 Å². The van der Waals surface area contributed by atoms with Gasteiger partial charge in [0.25, 0.3) is 5.91 Å². The van der Waals surface area contributed by atoms with E-state index in [1.54, 1.807) is 42.5 Å². The molecular weight excluding hydrogens is 248 g/mol. The van der Waals surface area contributed by atoms with Gasteiger partial charge in [0.05, 0.1) is 0 Å². The number of benzene rings is 2. The van der Waals surface area contributed by atoms with E-state index in [4.69, 9.17) is 17.3 Å². The number of aryl methyl sites for hydroxylation is 1. The van der Waals surface area contributed by atoms with Gasteiger partial charge in [-0.1, -0.05) is 17.7 Å². The molecule has 92 valence electrons. The Balaban J connectivity index is 2.19. The van der Waals surface area contributed by atoms with Crippen LogP contribution in [0.4, 0.5) is 11.4 Å². The Morgan fingerprint density at radius 3 is 2.67 bits per heavy atom. The number of hydrogen-bond acceptors (Lipinski definition) is 2. The minimum atomic E-state index is -0.180. The van der Waals surface area contributed by atoms with Crippen molar-refractivity contribution < 1.29 is 4.79 Å². The van der Waals surface area contributed by atoms with Gasteiger partial charge in [0.1, 0.15) is 0 Å². The van der Waals surface area contributed by atoms with E-state index in [0.29, 0.717) is 22.0 Å². The van der Waals surface area contributed by atoms with E-state index in [1.165, 1.54) is 0 Å². The molecule has 1 amide bonds. The smallest absolute Gasteiger partial charge is 0.255 e. The Hall–Kier alpha value is -2.00. The van der Waals surface area contributed by atoms with Crippen molar-refractivity contribution in [1.82, 2.24) is 0 Å². The van der Waals surface area contributed by atoms with Gasteiger partial charge in [-0.15, -0.1) is 0 Å². The molecule has 0 heterocycles. The summed E-state index contributed by atoms with van der Waals surface area (Å²) in [5.74, 6) is -0.180. The van der Waals surface area contributed by atoms with Gasteiger partial charge in [0, 0.05) is 22.0 Å². The molecule has 2 aromatic carbocycles. The average Bonchev–Trinajstić information content (AvgIpc) is 2.32. The predicted octanol–water partition coefficient (Wildman–Crippen LogP) is 3.48. The van der Waals surface area contributed by atoms with E-state index >= 15 is 0 Å². The number of anilines is 2. The number of nitrogen functional groups attached to an aromatic ring is 1. The van der Waals surface area contributed by atoms with Crippen molar-refractivity contribution >= 4 is 28.9 Å². The van der Waals surface area contributed by atoms with E-state index in [0.717, 1.165) is 5.56 Å². The van der Waals surface area contributed by atoms with Gasteiger partial charge >= 0.3 is 0 Å². The number of hydrogen-bond donors (Lipinski definition) is 2. The van der Waals surface area contributed by atoms with Gasteiger partial charge in [0.15, 0.2) is 0 Å². The Morgan fingerprint density at radius 2 is 2.00 bits per heavy atom. The Morgan fingerprint density at radius 1 is 1.22 bits per heavy atom. The van der Waals surface area contributed by atoms with Crippen LogP contribution in [0.5, 0.6) is 0 Å². The van der Waals surface area contributed by atoms with Crippen molar-refractivity contribution in [3.63, 3.8) is 0 Å². The van der Waals surface area contributed by atoms with Crippen molar-refractivity contribution in [2.75, 3.05) is 11.1 Å². The number of amides is 1. The molecule has 0 saturated carbocycles. The number of rotatable bonds is 2. The molecule has 2 aromatic rings. The van der Waals surface area contributed by atoms with Crippen LogP contribution >= 0.6 is 11.6 Å². The first-order valence-corrected chi connectivity index (χ1v) is 5.87. The number of carbonyl (C=O) groups is 1. The second kappa shape index (κ2) is 5.10. The lowest BCUT2D eigenvalue weighted by atomic mass is 10.1. The number of halogens is 1. The van der Waals surface area contributed by atoms with Crippen LogP contribution in [0.15, 0.2) is 42.5 Å². The summed E-state index contributed by atoms with van der Waals surface area (Å²) in [7, 11) is 0. The number of nitrogens with one attached hydrogen (secondary N) is 1. The van der Waals surface area contributed by atoms with Gasteiger partial charge in [-0.2, -0.15) is 0 Å². The largest absolute Gasteiger partial charge is 0.399 e. The lowest BCUT2D eigenvalue weighted by Gasteiger charge is -2.07. The third-order valence-electron chi connectivity index (χ3n) is 2.61. The summed E-state index contributed by atoms with van der Waals surface area (Å²) in [4.78, 5) is 12.0. The molecule has 0 aliphatic rings. The van der Waals surface area contributed by atoms with Gasteiger partial charge in [-0.3, -0.25) is 4.79 Å². The fourth-order valence-electron chi connectivity index (χ4n) is 1.59. The van der Waals surface area contributed by atoms with Crippen LogP contribution in [0.25, 0.3) is 0 Å². The van der Waals surface area contributed by atoms with Crippen LogP contribution in [-0.4, -0.2) is 5.91 Å². The van der Waals surface area contributed by atoms with Gasteiger partial charge in [-0.25, -0.2) is 0 Å². The highest BCUT2D eigenvalue weighted by atomic mass is 35.5. The molecule has 0 saturated heterocycles. The van der Waals surface area contributed by atoms with Crippen LogP contribution in [0.3, 0.4) is 0 Å². The normalized spacial score (nSPS) is 10.1. The minimum Gasteiger partial charge on any atom is -0.399 e. The third-order valence-corrected chi connectivity index (χ3v) is 2.85. The van der Waals surface area contributed by atoms with Crippen molar-refractivity contribution in [3.8, 4) is 0 Å². The van der Waals surface area contributed by atoms with Crippen LogP contribution in [0, 0.1) is 6.92 Å². The summed E-state index contributed by atoms with van der Waals surface area (Å²) in [6, 6.07) is 12.2. The molecule has 0 aliphatic carbocycles. The lowest BCUT2D eigenvalue weighted by Crippen LogP contribution is -2.12. The highest BCUT2D eigenvalue weighted by Crippen LogP contribution is 2.17. The first kappa shape index (κ1) is 12.5. The summed E-state index contributed by atoms with van der Waals surface area (Å²) in [5.41, 5.74) is 8.51. The van der Waals surface area contributed by atoms with E-state index < -0.39 is 0 Å². The maximum Gasteiger partial charge on any atom is 0.255 e. The maximum atomic E-state index is 12.0. The molecule has 0 fully saturated rings. The summed E-state index contributed by atoms with van der Waals surface area (Å²) in [6.07, 6.45) is 0. The molecule has 0 aliphatic heterocycles. The molecule has 0 unspecified atom stereocenters. The van der Waals surface area contributed by atoms with E-state index in [2.05, 4.69) is 5.32 Å². The Bertz CT molecular complexity index is 596. The summed E-state index contributed by atoms with van der Waals surface area (Å²) in [5, 5.41) is 3.37. The molecule has 18 heavy (non-hydrogen) atoms. The Kier molecular flexibility index (Phi) is 3.53. The molecule has 0 radical (unpaired) electrons. The molecular formula is C14H13ClN2O. The van der Waals surface area contributed by atoms with Crippen LogP contribution in [0.1, 0.15) is 15.9 Å². The van der Waals surface area contributed by atoms with Crippen molar-refractivity contribution in [2.45, 2.75) is 6.92 Å². The fraction of sp³-hybridized carbons (Fsp3) is 0.0714. The molecule has 2 rings (SSSR count). The van der Waals surface area contributed by atoms with Crippen molar-refractivity contribution in [3.05, 3.63) is 58.6 Å². The second-order valence-corrected chi connectivity index (χ2v) is 4.47. The van der Waals surface area contributed by atoms with Crippen molar-refractivity contribution in [1.29, 1.82) is 0 Å². The van der Waals surface area contributed by atoms with Crippen LogP contribution in [-0.2, 0) is 0 Å². The topological polar surface area (TPSA) is 55.1 Å². The summed E-state index contributed by atoms with van der Waals surface area (Å²) >= 11 is 5.85. The first-order chi connectivity index (χ1) is 8.56. The molecule has 0 spiro atoms. The maximum absolute atomic E-state index is 12.0. The fourth-order valence-corrected chi connectivity index (χ4v) is 1.78. The lowest BCUT2D eigenvalue weighted by molar-refractivity contribution is 0.102. The quantitative estimate of drug-likeness (QED) is 0.812. The van der Waals surface area contributed by atoms with E-state index in [1.807, 2.05) is 6.92 Å². The van der Waals surface area contributed by atoms with Crippen LogP contribution in [0.2, 0.25) is 5.02 Å². The first-order valence-electron chi connectivity index (χ1n) is 5.49. The highest BCUT2D eigenvalue weighted by Gasteiger charge is 2.07. The zero-order valence-corrected chi connectivity index (χ0v) is 10.7. The van der Waals surface area contributed by atoms with Crippen LogP contribution < -0.4 is 11.1 Å². The van der Waals surface area contributed by atoms with E-state index in [9.17, 15) is 4.79 Å². The predicted molar refractivity (Wildman–Crippen MR) is 75.0 cm³/mol. The van der Waals surface area contributed by atoms with Crippen molar-refractivity contribution in [2.24, 2.45) is 0 Å². The minimum absolute atomic E-state index is 0.180. The van der Waals surface area contributed by atoms with E-state index in [-0.39, 0.29) is 5.91 Å². The van der Waals surface area contributed by atoms with Gasteiger partial charge < -0.3 is 11.1 Å². The highest BCUT2D eigenvalue weighted by molar-refractivity contribution is 6.30. The third kappa shape index (κ3) is 2.81. The molecule has 0 atom stereocenters. The SMILES string of the molecule is Cc1cc(C(=O)Nc2cccc(Cl)c2)ccc1N. The molecule has 3 nitrogen and oxygen atoms in total. The summed E-state index contributed by atoms with van der Waals surface area (Å²) < 4.78 is 0. The summed E-state index contributed by atoms with van der Waals surface area (Å²) in [6.45, 7) is 1.87. The second-order valence-electron chi connectivity index (χ2n) is 4.04. The zero-order chi connectivity index (χ0) is 13.1. The standard InChI is InChI=1S/C14H13ClN2O/c1-9-7-10(5-6-13(9)16)14(18)17-12-4-2-3-11(15)8-12/h2-8H,16H2,1H3,(H,17,18). The Labute approximate surface area is 111 Å². The number of carbonyl (C=O) groups excluding carboxylic acids is 1. The average molecular weight is 261 g/mol. The molecule has 3 N–H and O–H groups in total.